The van der Waals surface area contributed by atoms with Gasteiger partial charge in [-0.25, -0.2) is 0 Å². The van der Waals surface area contributed by atoms with Crippen molar-refractivity contribution in [3.63, 3.8) is 0 Å². The Morgan fingerprint density at radius 2 is 1.95 bits per heavy atom. The molecule has 0 amide bonds. The maximum absolute atomic E-state index is 11.9. The van der Waals surface area contributed by atoms with E-state index in [1.807, 2.05) is 4.90 Å². The fourth-order valence-electron chi connectivity index (χ4n) is 1.81. The van der Waals surface area contributed by atoms with Crippen LogP contribution in [0.15, 0.2) is 0 Å². The van der Waals surface area contributed by atoms with E-state index in [0.717, 1.165) is 0 Å². The minimum absolute atomic E-state index is 0.0822. The molecule has 8 nitrogen and oxygen atoms in total. The van der Waals surface area contributed by atoms with E-state index in [2.05, 4.69) is 4.72 Å². The second-order valence-electron chi connectivity index (χ2n) is 4.28. The highest BCUT2D eigenvalue weighted by atomic mass is 32.2. The van der Waals surface area contributed by atoms with Crippen molar-refractivity contribution < 1.29 is 23.1 Å². The third kappa shape index (κ3) is 5.83. The number of ether oxygens (including phenoxy) is 1. The molecule has 0 aromatic carbocycles. The van der Waals surface area contributed by atoms with Gasteiger partial charge in [-0.05, 0) is 0 Å². The molecule has 0 spiro atoms. The Morgan fingerprint density at radius 1 is 1.32 bits per heavy atom. The molecule has 9 heteroatoms. The summed E-state index contributed by atoms with van der Waals surface area (Å²) in [6.07, 6.45) is 0.0822. The highest BCUT2D eigenvalue weighted by molar-refractivity contribution is 7.87. The summed E-state index contributed by atoms with van der Waals surface area (Å²) < 4.78 is 32.4. The number of carboxylic acids is 1. The number of methoxy groups -OCH3 is 1. The Kier molecular flexibility index (Phi) is 6.66. The standard InChI is InChI=1S/C10H21N3O5S/c1-18-9-3-11-19(16,17)13-7-5-12(6-8-13)4-2-10(14)15/h11H,2-9H2,1H3,(H,14,15). The van der Waals surface area contributed by atoms with Crippen molar-refractivity contribution in [2.45, 2.75) is 6.42 Å². The highest BCUT2D eigenvalue weighted by Gasteiger charge is 2.26. The maximum Gasteiger partial charge on any atom is 0.304 e. The van der Waals surface area contributed by atoms with E-state index in [4.69, 9.17) is 9.84 Å². The van der Waals surface area contributed by atoms with Crippen LogP contribution in [0.4, 0.5) is 0 Å². The number of aliphatic carboxylic acids is 1. The summed E-state index contributed by atoms with van der Waals surface area (Å²) in [7, 11) is -1.94. The number of carbonyl (C=O) groups is 1. The van der Waals surface area contributed by atoms with Gasteiger partial charge in [0, 0.05) is 46.4 Å². The predicted molar refractivity (Wildman–Crippen MR) is 69.1 cm³/mol. The van der Waals surface area contributed by atoms with Gasteiger partial charge >= 0.3 is 5.97 Å². The molecule has 0 radical (unpaired) electrons. The molecule has 0 bridgehead atoms. The monoisotopic (exact) mass is 295 g/mol. The van der Waals surface area contributed by atoms with Crippen LogP contribution in [-0.4, -0.2) is 81.7 Å². The van der Waals surface area contributed by atoms with Crippen molar-refractivity contribution in [2.75, 3.05) is 53.0 Å². The molecule has 1 saturated heterocycles. The Hall–Kier alpha value is -0.740. The Balaban J connectivity index is 2.34. The Bertz CT molecular complexity index is 379. The molecule has 2 N–H and O–H groups in total. The number of nitrogens with one attached hydrogen (secondary N) is 1. The predicted octanol–water partition coefficient (Wildman–Crippen LogP) is -1.44. The number of rotatable bonds is 8. The first kappa shape index (κ1) is 16.3. The largest absolute Gasteiger partial charge is 0.481 e. The van der Waals surface area contributed by atoms with Gasteiger partial charge in [-0.2, -0.15) is 17.4 Å². The van der Waals surface area contributed by atoms with Crippen LogP contribution in [0.1, 0.15) is 6.42 Å². The first-order valence-electron chi connectivity index (χ1n) is 6.13. The quantitative estimate of drug-likeness (QED) is 0.532. The van der Waals surface area contributed by atoms with Crippen molar-refractivity contribution in [3.8, 4) is 0 Å². The number of nitrogens with zero attached hydrogens (tertiary/aromatic N) is 2. The molecule has 1 heterocycles. The van der Waals surface area contributed by atoms with Crippen molar-refractivity contribution in [3.05, 3.63) is 0 Å². The second-order valence-corrected chi connectivity index (χ2v) is 6.03. The Morgan fingerprint density at radius 3 is 2.47 bits per heavy atom. The SMILES string of the molecule is COCCNS(=O)(=O)N1CCN(CCC(=O)O)CC1. The van der Waals surface area contributed by atoms with E-state index in [1.54, 1.807) is 0 Å². The third-order valence-electron chi connectivity index (χ3n) is 2.90. The molecule has 1 aliphatic rings. The molecule has 0 aromatic rings. The lowest BCUT2D eigenvalue weighted by Crippen LogP contribution is -2.52. The van der Waals surface area contributed by atoms with Gasteiger partial charge in [0.25, 0.3) is 10.2 Å². The summed E-state index contributed by atoms with van der Waals surface area (Å²) in [5, 5.41) is 8.59. The van der Waals surface area contributed by atoms with Crippen LogP contribution < -0.4 is 4.72 Å². The molecule has 0 atom stereocenters. The van der Waals surface area contributed by atoms with Gasteiger partial charge in [-0.1, -0.05) is 0 Å². The van der Waals surface area contributed by atoms with Gasteiger partial charge in [-0.3, -0.25) is 4.79 Å². The van der Waals surface area contributed by atoms with E-state index in [-0.39, 0.29) is 13.0 Å². The molecular formula is C10H21N3O5S. The first-order valence-corrected chi connectivity index (χ1v) is 7.57. The van der Waals surface area contributed by atoms with E-state index < -0.39 is 16.2 Å². The second kappa shape index (κ2) is 7.75. The number of carboxylic acid groups (broad SMARTS) is 1. The lowest BCUT2D eigenvalue weighted by Gasteiger charge is -2.33. The summed E-state index contributed by atoms with van der Waals surface area (Å²) in [5.74, 6) is -0.837. The van der Waals surface area contributed by atoms with E-state index in [0.29, 0.717) is 39.3 Å². The normalized spacial score (nSPS) is 18.6. The average molecular weight is 295 g/mol. The molecule has 1 aliphatic heterocycles. The number of hydrogen-bond acceptors (Lipinski definition) is 5. The maximum atomic E-state index is 11.9. The number of hydrogen-bond donors (Lipinski definition) is 2. The molecule has 19 heavy (non-hydrogen) atoms. The minimum Gasteiger partial charge on any atom is -0.481 e. The van der Waals surface area contributed by atoms with Gasteiger partial charge in [0.2, 0.25) is 0 Å². The summed E-state index contributed by atoms with van der Waals surface area (Å²) >= 11 is 0. The van der Waals surface area contributed by atoms with Crippen LogP contribution in [0, 0.1) is 0 Å². The van der Waals surface area contributed by atoms with Crippen LogP contribution in [-0.2, 0) is 19.7 Å². The number of piperazine rings is 1. The van der Waals surface area contributed by atoms with Crippen molar-refractivity contribution >= 4 is 16.2 Å². The van der Waals surface area contributed by atoms with Crippen LogP contribution in [0.3, 0.4) is 0 Å². The van der Waals surface area contributed by atoms with E-state index in [9.17, 15) is 13.2 Å². The zero-order chi connectivity index (χ0) is 14.3. The molecule has 0 unspecified atom stereocenters. The van der Waals surface area contributed by atoms with Crippen molar-refractivity contribution in [2.24, 2.45) is 0 Å². The van der Waals surface area contributed by atoms with Crippen LogP contribution in [0.2, 0.25) is 0 Å². The van der Waals surface area contributed by atoms with E-state index >= 15 is 0 Å². The molecular weight excluding hydrogens is 274 g/mol. The summed E-state index contributed by atoms with van der Waals surface area (Å²) in [4.78, 5) is 12.4. The lowest BCUT2D eigenvalue weighted by molar-refractivity contribution is -0.137. The highest BCUT2D eigenvalue weighted by Crippen LogP contribution is 2.06. The van der Waals surface area contributed by atoms with Crippen LogP contribution in [0.5, 0.6) is 0 Å². The zero-order valence-corrected chi connectivity index (χ0v) is 11.9. The molecule has 1 fully saturated rings. The fraction of sp³-hybridized carbons (Fsp3) is 0.900. The van der Waals surface area contributed by atoms with Crippen LogP contribution >= 0.6 is 0 Å². The summed E-state index contributed by atoms with van der Waals surface area (Å²) in [6.45, 7) is 2.90. The molecule has 1 rings (SSSR count). The molecule has 0 aliphatic carbocycles. The lowest BCUT2D eigenvalue weighted by atomic mass is 10.3. The molecule has 112 valence electrons. The van der Waals surface area contributed by atoms with Gasteiger partial charge in [0.15, 0.2) is 0 Å². The van der Waals surface area contributed by atoms with Crippen molar-refractivity contribution in [1.29, 1.82) is 0 Å². The average Bonchev–Trinajstić information content (AvgIpc) is 2.37. The third-order valence-corrected chi connectivity index (χ3v) is 4.52. The fourth-order valence-corrected chi connectivity index (χ4v) is 2.98. The van der Waals surface area contributed by atoms with Crippen LogP contribution in [0.25, 0.3) is 0 Å². The molecule has 0 saturated carbocycles. The zero-order valence-electron chi connectivity index (χ0n) is 11.0. The topological polar surface area (TPSA) is 99.2 Å². The van der Waals surface area contributed by atoms with Gasteiger partial charge in [0.05, 0.1) is 13.0 Å². The van der Waals surface area contributed by atoms with Gasteiger partial charge < -0.3 is 14.7 Å². The van der Waals surface area contributed by atoms with Crippen molar-refractivity contribution in [1.82, 2.24) is 13.9 Å². The van der Waals surface area contributed by atoms with Gasteiger partial charge in [-0.15, -0.1) is 0 Å². The van der Waals surface area contributed by atoms with Gasteiger partial charge in [0.1, 0.15) is 0 Å². The smallest absolute Gasteiger partial charge is 0.304 e. The van der Waals surface area contributed by atoms with E-state index in [1.165, 1.54) is 11.4 Å². The summed E-state index contributed by atoms with van der Waals surface area (Å²) in [5.41, 5.74) is 0. The minimum atomic E-state index is -3.45. The first-order chi connectivity index (χ1) is 8.95. The molecule has 0 aromatic heterocycles. The summed E-state index contributed by atoms with van der Waals surface area (Å²) in [6, 6.07) is 0. The Labute approximate surface area is 113 Å².